The molecule has 3 atom stereocenters. The molecular weight excluding hydrogens is 164 g/mol. The molecule has 2 fully saturated rings. The van der Waals surface area contributed by atoms with Crippen molar-refractivity contribution in [3.63, 3.8) is 0 Å². The van der Waals surface area contributed by atoms with Gasteiger partial charge in [0.05, 0.1) is 19.3 Å². The maximum atomic E-state index is 8.71. The van der Waals surface area contributed by atoms with Crippen LogP contribution >= 0.6 is 0 Å². The van der Waals surface area contributed by atoms with Crippen molar-refractivity contribution in [2.75, 3.05) is 13.2 Å². The van der Waals surface area contributed by atoms with Gasteiger partial charge in [-0.15, -0.1) is 0 Å². The molecule has 0 spiro atoms. The van der Waals surface area contributed by atoms with Gasteiger partial charge in [0, 0.05) is 0 Å². The lowest BCUT2D eigenvalue weighted by Gasteiger charge is -2.33. The number of ether oxygens (including phenoxy) is 1. The van der Waals surface area contributed by atoms with E-state index in [1.807, 2.05) is 0 Å². The summed E-state index contributed by atoms with van der Waals surface area (Å²) in [6, 6.07) is 0. The van der Waals surface area contributed by atoms with E-state index in [0.717, 1.165) is 11.8 Å². The molecule has 0 aromatic carbocycles. The second kappa shape index (κ2) is 4.43. The third kappa shape index (κ3) is 2.05. The van der Waals surface area contributed by atoms with E-state index in [2.05, 4.69) is 0 Å². The Hall–Kier alpha value is -0.0800. The summed E-state index contributed by atoms with van der Waals surface area (Å²) in [6.07, 6.45) is 8.62. The minimum atomic E-state index is 0.174. The lowest BCUT2D eigenvalue weighted by Crippen LogP contribution is -2.31. The minimum Gasteiger partial charge on any atom is -0.394 e. The monoisotopic (exact) mass is 184 g/mol. The second-order valence-electron chi connectivity index (χ2n) is 4.42. The van der Waals surface area contributed by atoms with E-state index < -0.39 is 0 Å². The molecule has 0 radical (unpaired) electrons. The topological polar surface area (TPSA) is 29.5 Å². The number of fused-ring (bicyclic) bond motifs is 1. The van der Waals surface area contributed by atoms with Crippen molar-refractivity contribution in [2.45, 2.75) is 44.6 Å². The number of hydrogen-bond acceptors (Lipinski definition) is 2. The summed E-state index contributed by atoms with van der Waals surface area (Å²) >= 11 is 0. The van der Waals surface area contributed by atoms with Crippen molar-refractivity contribution < 1.29 is 9.84 Å². The van der Waals surface area contributed by atoms with Crippen molar-refractivity contribution in [3.05, 3.63) is 0 Å². The largest absolute Gasteiger partial charge is 0.394 e. The van der Waals surface area contributed by atoms with Gasteiger partial charge in [-0.05, 0) is 31.1 Å². The molecule has 2 aliphatic rings. The number of rotatable bonds is 3. The Labute approximate surface area is 80.3 Å². The van der Waals surface area contributed by atoms with Gasteiger partial charge in [0.2, 0.25) is 0 Å². The third-order valence-electron chi connectivity index (χ3n) is 3.68. The summed E-state index contributed by atoms with van der Waals surface area (Å²) in [4.78, 5) is 0. The Bertz CT molecular complexity index is 158. The van der Waals surface area contributed by atoms with Gasteiger partial charge >= 0.3 is 0 Å². The average Bonchev–Trinajstić information content (AvgIpc) is 2.62. The van der Waals surface area contributed by atoms with Crippen LogP contribution in [0.25, 0.3) is 0 Å². The molecule has 76 valence electrons. The van der Waals surface area contributed by atoms with Crippen LogP contribution in [0.2, 0.25) is 0 Å². The molecule has 2 saturated carbocycles. The third-order valence-corrected chi connectivity index (χ3v) is 3.68. The predicted molar refractivity (Wildman–Crippen MR) is 51.5 cm³/mol. The highest BCUT2D eigenvalue weighted by atomic mass is 16.5. The van der Waals surface area contributed by atoms with Gasteiger partial charge in [0.15, 0.2) is 0 Å². The van der Waals surface area contributed by atoms with Crippen molar-refractivity contribution in [1.29, 1.82) is 0 Å². The lowest BCUT2D eigenvalue weighted by atomic mass is 9.79. The number of aliphatic hydroxyl groups is 1. The van der Waals surface area contributed by atoms with E-state index in [0.29, 0.717) is 12.7 Å². The van der Waals surface area contributed by atoms with Gasteiger partial charge < -0.3 is 9.84 Å². The Balaban J connectivity index is 1.86. The SMILES string of the molecule is OCCO[C@@H]1CCC[C@@H]2CCC[C@@H]21. The maximum Gasteiger partial charge on any atom is 0.0701 e. The molecule has 2 aliphatic carbocycles. The van der Waals surface area contributed by atoms with Gasteiger partial charge in [-0.1, -0.05) is 19.3 Å². The fourth-order valence-electron chi connectivity index (χ4n) is 3.12. The highest BCUT2D eigenvalue weighted by molar-refractivity contribution is 4.87. The van der Waals surface area contributed by atoms with Gasteiger partial charge in [0.1, 0.15) is 0 Å². The van der Waals surface area contributed by atoms with Gasteiger partial charge in [-0.2, -0.15) is 0 Å². The number of hydrogen-bond donors (Lipinski definition) is 1. The van der Waals surface area contributed by atoms with E-state index in [-0.39, 0.29) is 6.61 Å². The zero-order chi connectivity index (χ0) is 9.10. The molecule has 2 heteroatoms. The standard InChI is InChI=1S/C11H20O2/c12-7-8-13-11-6-2-4-9-3-1-5-10(9)11/h9-12H,1-8H2/t9-,10-,11+/m0/s1. The van der Waals surface area contributed by atoms with E-state index in [1.54, 1.807) is 0 Å². The summed E-state index contributed by atoms with van der Waals surface area (Å²) in [5.74, 6) is 1.76. The molecule has 0 heterocycles. The van der Waals surface area contributed by atoms with E-state index in [4.69, 9.17) is 9.84 Å². The molecule has 0 saturated heterocycles. The quantitative estimate of drug-likeness (QED) is 0.726. The molecule has 0 aromatic rings. The van der Waals surface area contributed by atoms with Gasteiger partial charge in [0.25, 0.3) is 0 Å². The molecule has 13 heavy (non-hydrogen) atoms. The summed E-state index contributed by atoms with van der Waals surface area (Å²) in [6.45, 7) is 0.710. The van der Waals surface area contributed by atoms with Gasteiger partial charge in [-0.3, -0.25) is 0 Å². The highest BCUT2D eigenvalue weighted by Crippen LogP contribution is 2.43. The van der Waals surface area contributed by atoms with Gasteiger partial charge in [-0.25, -0.2) is 0 Å². The summed E-state index contributed by atoms with van der Waals surface area (Å²) < 4.78 is 5.70. The van der Waals surface area contributed by atoms with E-state index in [1.165, 1.54) is 38.5 Å². The molecular formula is C11H20O2. The minimum absolute atomic E-state index is 0.174. The molecule has 2 nitrogen and oxygen atoms in total. The van der Waals surface area contributed by atoms with Crippen molar-refractivity contribution in [3.8, 4) is 0 Å². The van der Waals surface area contributed by atoms with E-state index in [9.17, 15) is 0 Å². The van der Waals surface area contributed by atoms with Crippen molar-refractivity contribution in [2.24, 2.45) is 11.8 Å². The Morgan fingerprint density at radius 2 is 1.85 bits per heavy atom. The highest BCUT2D eigenvalue weighted by Gasteiger charge is 2.36. The van der Waals surface area contributed by atoms with Crippen molar-refractivity contribution >= 4 is 0 Å². The van der Waals surface area contributed by atoms with Crippen LogP contribution in [-0.4, -0.2) is 24.4 Å². The zero-order valence-corrected chi connectivity index (χ0v) is 8.24. The zero-order valence-electron chi connectivity index (χ0n) is 8.24. The van der Waals surface area contributed by atoms with Crippen LogP contribution < -0.4 is 0 Å². The summed E-state index contributed by atoms with van der Waals surface area (Å²) in [5.41, 5.74) is 0. The average molecular weight is 184 g/mol. The molecule has 2 rings (SSSR count). The van der Waals surface area contributed by atoms with Crippen LogP contribution in [0.15, 0.2) is 0 Å². The lowest BCUT2D eigenvalue weighted by molar-refractivity contribution is -0.0364. The first-order valence-corrected chi connectivity index (χ1v) is 5.64. The fraction of sp³-hybridized carbons (Fsp3) is 1.00. The first-order chi connectivity index (χ1) is 6.42. The van der Waals surface area contributed by atoms with Crippen LogP contribution in [0.1, 0.15) is 38.5 Å². The fourth-order valence-corrected chi connectivity index (χ4v) is 3.12. The van der Waals surface area contributed by atoms with Crippen LogP contribution in [0.5, 0.6) is 0 Å². The smallest absolute Gasteiger partial charge is 0.0701 e. The Kier molecular flexibility index (Phi) is 3.23. The van der Waals surface area contributed by atoms with Crippen LogP contribution in [-0.2, 0) is 4.74 Å². The van der Waals surface area contributed by atoms with Crippen molar-refractivity contribution in [1.82, 2.24) is 0 Å². The molecule has 0 unspecified atom stereocenters. The molecule has 0 aromatic heterocycles. The predicted octanol–water partition coefficient (Wildman–Crippen LogP) is 1.96. The summed E-state index contributed by atoms with van der Waals surface area (Å²) in [5, 5.41) is 8.71. The number of aliphatic hydroxyl groups excluding tert-OH is 1. The maximum absolute atomic E-state index is 8.71. The first-order valence-electron chi connectivity index (χ1n) is 5.64. The Morgan fingerprint density at radius 3 is 2.62 bits per heavy atom. The summed E-state index contributed by atoms with van der Waals surface area (Å²) in [7, 11) is 0. The first kappa shape index (κ1) is 9.47. The van der Waals surface area contributed by atoms with Crippen LogP contribution in [0, 0.1) is 11.8 Å². The molecule has 0 bridgehead atoms. The van der Waals surface area contributed by atoms with E-state index >= 15 is 0 Å². The second-order valence-corrected chi connectivity index (χ2v) is 4.42. The molecule has 1 N–H and O–H groups in total. The molecule has 0 amide bonds. The van der Waals surface area contributed by atoms with Crippen LogP contribution in [0.4, 0.5) is 0 Å². The normalized spacial score (nSPS) is 39.0. The van der Waals surface area contributed by atoms with Crippen LogP contribution in [0.3, 0.4) is 0 Å². The Morgan fingerprint density at radius 1 is 1.08 bits per heavy atom. The molecule has 0 aliphatic heterocycles.